The normalized spacial score (nSPS) is 12.5. The number of aliphatic hydroxyl groups excluding tert-OH is 1. The van der Waals surface area contributed by atoms with Crippen molar-refractivity contribution in [2.75, 3.05) is 5.32 Å². The number of anilines is 1. The summed E-state index contributed by atoms with van der Waals surface area (Å²) in [6.07, 6.45) is -7.37. The molecule has 0 aromatic carbocycles. The number of hydrogen-bond acceptors (Lipinski definition) is 7. The van der Waals surface area contributed by atoms with E-state index in [0.29, 0.717) is 17.7 Å². The maximum absolute atomic E-state index is 15.0. The van der Waals surface area contributed by atoms with E-state index in [1.54, 1.807) is 6.92 Å². The summed E-state index contributed by atoms with van der Waals surface area (Å²) in [7, 11) is 0. The molecule has 0 aliphatic heterocycles. The van der Waals surface area contributed by atoms with Crippen molar-refractivity contribution in [2.24, 2.45) is 0 Å². The highest BCUT2D eigenvalue weighted by molar-refractivity contribution is 6.33. The van der Waals surface area contributed by atoms with Crippen LogP contribution in [-0.4, -0.2) is 47.6 Å². The Morgan fingerprint density at radius 1 is 1.34 bits per heavy atom. The van der Waals surface area contributed by atoms with Crippen molar-refractivity contribution in [3.05, 3.63) is 61.3 Å². The van der Waals surface area contributed by atoms with Gasteiger partial charge in [-0.25, -0.2) is 9.18 Å². The fourth-order valence-electron chi connectivity index (χ4n) is 2.84. The molecule has 0 radical (unpaired) electrons. The molecule has 35 heavy (non-hydrogen) atoms. The fraction of sp³-hybridized carbons (Fsp3) is 0.316. The first-order valence-corrected chi connectivity index (χ1v) is 10.2. The Bertz CT molecular complexity index is 1380. The molecule has 0 aliphatic carbocycles. The lowest BCUT2D eigenvalue weighted by Gasteiger charge is -2.19. The smallest absolute Gasteiger partial charge is 0.425 e. The average Bonchev–Trinajstić information content (AvgIpc) is 3.11. The van der Waals surface area contributed by atoms with Gasteiger partial charge in [-0.1, -0.05) is 11.6 Å². The van der Waals surface area contributed by atoms with Crippen LogP contribution in [0.4, 0.5) is 23.4 Å². The molecule has 11 nitrogen and oxygen atoms in total. The van der Waals surface area contributed by atoms with Gasteiger partial charge in [0, 0.05) is 12.6 Å². The first kappa shape index (κ1) is 25.9. The van der Waals surface area contributed by atoms with E-state index in [4.69, 9.17) is 16.3 Å². The van der Waals surface area contributed by atoms with Crippen molar-refractivity contribution in [1.29, 1.82) is 0 Å². The van der Waals surface area contributed by atoms with Crippen molar-refractivity contribution < 1.29 is 32.2 Å². The van der Waals surface area contributed by atoms with Crippen molar-refractivity contribution in [2.45, 2.75) is 39.3 Å². The van der Waals surface area contributed by atoms with E-state index in [0.717, 1.165) is 16.7 Å². The molecule has 1 atom stereocenters. The molecule has 0 fully saturated rings. The third-order valence-corrected chi connectivity index (χ3v) is 4.94. The first-order valence-electron chi connectivity index (χ1n) is 9.81. The number of amides is 1. The van der Waals surface area contributed by atoms with Gasteiger partial charge in [-0.3, -0.25) is 14.2 Å². The quantitative estimate of drug-likeness (QED) is 0.404. The minimum absolute atomic E-state index is 0.0430. The largest absolute Gasteiger partial charge is 0.464 e. The van der Waals surface area contributed by atoms with E-state index in [1.165, 1.54) is 0 Å². The van der Waals surface area contributed by atoms with Gasteiger partial charge in [-0.2, -0.15) is 22.8 Å². The number of pyridine rings is 2. The second kappa shape index (κ2) is 9.87. The Hall–Kier alpha value is -3.72. The number of hydrogen-bond donors (Lipinski definition) is 3. The molecular weight excluding hydrogens is 504 g/mol. The number of alkyl halides is 3. The van der Waals surface area contributed by atoms with Gasteiger partial charge in [0.05, 0.1) is 5.02 Å². The van der Waals surface area contributed by atoms with E-state index in [1.807, 2.05) is 0 Å². The Labute approximate surface area is 197 Å². The van der Waals surface area contributed by atoms with Crippen LogP contribution in [0.5, 0.6) is 5.88 Å². The maximum Gasteiger partial charge on any atom is 0.425 e. The Balaban J connectivity index is 2.15. The molecule has 0 bridgehead atoms. The number of nitrogens with one attached hydrogen (secondary N) is 2. The zero-order valence-corrected chi connectivity index (χ0v) is 18.7. The van der Waals surface area contributed by atoms with E-state index in [2.05, 4.69) is 20.4 Å². The van der Waals surface area contributed by atoms with E-state index >= 15 is 0 Å². The predicted octanol–water partition coefficient (Wildman–Crippen LogP) is 2.00. The molecule has 3 heterocycles. The summed E-state index contributed by atoms with van der Waals surface area (Å²) in [6, 6.07) is 2.69. The lowest BCUT2D eigenvalue weighted by Crippen LogP contribution is -2.33. The zero-order valence-electron chi connectivity index (χ0n) is 18.0. The van der Waals surface area contributed by atoms with E-state index in [9.17, 15) is 37.1 Å². The monoisotopic (exact) mass is 520 g/mol. The molecular formula is C19H17ClF4N6O5. The summed E-state index contributed by atoms with van der Waals surface area (Å²) in [5.74, 6) is -4.87. The molecule has 0 spiro atoms. The van der Waals surface area contributed by atoms with Crippen LogP contribution in [0.3, 0.4) is 0 Å². The molecule has 0 saturated heterocycles. The molecule has 1 unspecified atom stereocenters. The van der Waals surface area contributed by atoms with Gasteiger partial charge in [-0.05, 0) is 26.0 Å². The van der Waals surface area contributed by atoms with Gasteiger partial charge in [0.15, 0.2) is 23.6 Å². The standard InChI is InChI=1S/C19H17ClF4N6O5/c1-3-29-12(7-31)28-30(18(29)34)15-11(21)6-9(17(27-15)35-8(2)19(22,23)24)16(33)26-14-10(20)4-5-13(32)25-14/h4-6,8,31H,3,7H2,1-2H3,(H2,25,26,32,33). The first-order chi connectivity index (χ1) is 16.4. The van der Waals surface area contributed by atoms with Crippen LogP contribution in [-0.2, 0) is 13.2 Å². The minimum Gasteiger partial charge on any atom is -0.464 e. The molecule has 3 N–H and O–H groups in total. The van der Waals surface area contributed by atoms with Gasteiger partial charge < -0.3 is 20.1 Å². The molecule has 1 amide bonds. The van der Waals surface area contributed by atoms with Crippen LogP contribution < -0.4 is 21.3 Å². The second-order valence-corrected chi connectivity index (χ2v) is 7.37. The number of nitrogens with zero attached hydrogens (tertiary/aromatic N) is 4. The van der Waals surface area contributed by atoms with Crippen LogP contribution in [0.1, 0.15) is 30.0 Å². The summed E-state index contributed by atoms with van der Waals surface area (Å²) >= 11 is 5.89. The highest BCUT2D eigenvalue weighted by atomic mass is 35.5. The molecule has 16 heteroatoms. The number of carbonyl (C=O) groups excluding carboxylic acids is 1. The zero-order chi connectivity index (χ0) is 26.1. The van der Waals surface area contributed by atoms with E-state index < -0.39 is 59.1 Å². The van der Waals surface area contributed by atoms with Crippen molar-refractivity contribution >= 4 is 23.3 Å². The number of ether oxygens (including phenoxy) is 1. The number of carbonyl (C=O) groups is 1. The highest BCUT2D eigenvalue weighted by Gasteiger charge is 2.39. The predicted molar refractivity (Wildman–Crippen MR) is 113 cm³/mol. The number of aromatic nitrogens is 5. The number of H-pyrrole nitrogens is 1. The summed E-state index contributed by atoms with van der Waals surface area (Å²) in [4.78, 5) is 42.7. The topological polar surface area (TPSA) is 144 Å². The van der Waals surface area contributed by atoms with Gasteiger partial charge >= 0.3 is 11.9 Å². The van der Waals surface area contributed by atoms with E-state index in [-0.39, 0.29) is 23.2 Å². The maximum atomic E-state index is 15.0. The van der Waals surface area contributed by atoms with Crippen molar-refractivity contribution in [3.63, 3.8) is 0 Å². The lowest BCUT2D eigenvalue weighted by molar-refractivity contribution is -0.190. The van der Waals surface area contributed by atoms with Crippen LogP contribution in [0.2, 0.25) is 5.02 Å². The summed E-state index contributed by atoms with van der Waals surface area (Å²) < 4.78 is 60.6. The minimum atomic E-state index is -4.89. The molecule has 3 aromatic rings. The summed E-state index contributed by atoms with van der Waals surface area (Å²) in [5.41, 5.74) is -2.39. The van der Waals surface area contributed by atoms with Gasteiger partial charge in [0.1, 0.15) is 18.0 Å². The Morgan fingerprint density at radius 2 is 2.03 bits per heavy atom. The van der Waals surface area contributed by atoms with Crippen molar-refractivity contribution in [1.82, 2.24) is 24.3 Å². The highest BCUT2D eigenvalue weighted by Crippen LogP contribution is 2.29. The molecule has 3 rings (SSSR count). The van der Waals surface area contributed by atoms with Gasteiger partial charge in [0.2, 0.25) is 11.4 Å². The van der Waals surface area contributed by atoms with Crippen LogP contribution in [0, 0.1) is 5.82 Å². The third-order valence-electron chi connectivity index (χ3n) is 4.62. The average molecular weight is 521 g/mol. The van der Waals surface area contributed by atoms with Gasteiger partial charge in [-0.15, -0.1) is 5.10 Å². The lowest BCUT2D eigenvalue weighted by atomic mass is 10.2. The second-order valence-electron chi connectivity index (χ2n) is 6.96. The molecule has 188 valence electrons. The third kappa shape index (κ3) is 5.35. The van der Waals surface area contributed by atoms with Crippen LogP contribution >= 0.6 is 11.6 Å². The molecule has 0 aliphatic rings. The number of aromatic amines is 1. The summed E-state index contributed by atoms with van der Waals surface area (Å²) in [6.45, 7) is 1.52. The number of aliphatic hydroxyl groups is 1. The molecule has 0 saturated carbocycles. The number of halogens is 5. The molecule has 3 aromatic heterocycles. The van der Waals surface area contributed by atoms with Crippen LogP contribution in [0.15, 0.2) is 27.8 Å². The number of rotatable bonds is 7. The Kier molecular flexibility index (Phi) is 7.30. The Morgan fingerprint density at radius 3 is 2.60 bits per heavy atom. The summed E-state index contributed by atoms with van der Waals surface area (Å²) in [5, 5.41) is 15.1. The fourth-order valence-corrected chi connectivity index (χ4v) is 2.99. The SMILES string of the molecule is CCn1c(CO)nn(-c2nc(OC(C)C(F)(F)F)c(C(=O)Nc3[nH]c(=O)ccc3Cl)cc2F)c1=O. The van der Waals surface area contributed by atoms with Crippen molar-refractivity contribution in [3.8, 4) is 11.7 Å². The van der Waals surface area contributed by atoms with Gasteiger partial charge in [0.25, 0.3) is 5.91 Å². The van der Waals surface area contributed by atoms with Crippen LogP contribution in [0.25, 0.3) is 5.82 Å².